The van der Waals surface area contributed by atoms with E-state index >= 15 is 0 Å². The van der Waals surface area contributed by atoms with Gasteiger partial charge in [-0.05, 0) is 78.9 Å². The number of aromatic hydroxyl groups is 2. The first-order valence-corrected chi connectivity index (χ1v) is 28.7. The number of hydrogen-bond acceptors (Lipinski definition) is 26. The summed E-state index contributed by atoms with van der Waals surface area (Å²) in [4.78, 5) is 3.20. The summed E-state index contributed by atoms with van der Waals surface area (Å²) < 4.78 is 208. The van der Waals surface area contributed by atoms with Crippen molar-refractivity contribution in [1.29, 1.82) is 0 Å². The highest BCUT2D eigenvalue weighted by atomic mass is 32.2. The van der Waals surface area contributed by atoms with Crippen LogP contribution in [0.25, 0.3) is 21.5 Å². The monoisotopic (exact) mass is 1200 g/mol. The number of benzene rings is 7. The number of phenolic OH excluding ortho intramolecular Hbond substituents is 2. The van der Waals surface area contributed by atoms with Gasteiger partial charge in [0.25, 0.3) is 66.4 Å². The Hall–Kier alpha value is -7.93. The maximum atomic E-state index is 13.0. The van der Waals surface area contributed by atoms with Gasteiger partial charge in [-0.1, -0.05) is 0 Å². The molecule has 0 aliphatic rings. The smallest absolute Gasteiger partial charge is 0.297 e. The number of nitrogens with zero attached hydrogens (tertiary/aromatic N) is 9. The van der Waals surface area contributed by atoms with Crippen LogP contribution in [-0.4, -0.2) is 93.0 Å². The topological polar surface area (TPSA) is 535 Å². The van der Waals surface area contributed by atoms with E-state index in [1.807, 2.05) is 0 Å². The van der Waals surface area contributed by atoms with E-state index in [9.17, 15) is 93.6 Å². The number of hydrogen-bond donors (Lipinski definition) is 10. The number of thiol groups is 1. The maximum Gasteiger partial charge on any atom is 0.297 e. The molecule has 0 unspecified atom stereocenters. The summed E-state index contributed by atoms with van der Waals surface area (Å²) in [7, 11) is -31.7. The third-order valence-corrected chi connectivity index (χ3v) is 15.8. The highest BCUT2D eigenvalue weighted by molar-refractivity contribution is 7.87. The highest BCUT2D eigenvalue weighted by Crippen LogP contribution is 2.50. The van der Waals surface area contributed by atoms with Crippen LogP contribution in [0.15, 0.2) is 166 Å². The van der Waals surface area contributed by atoms with Crippen molar-refractivity contribution < 1.29 is 93.0 Å². The Kier molecular flexibility index (Phi) is 14.9. The zero-order valence-corrected chi connectivity index (χ0v) is 42.7. The Labute approximate surface area is 435 Å². The van der Waals surface area contributed by atoms with E-state index in [0.29, 0.717) is 30.3 Å². The van der Waals surface area contributed by atoms with Crippen molar-refractivity contribution in [3.8, 4) is 11.5 Å². The fraction of sp³-hybridized carbons (Fsp3) is 0. The summed E-state index contributed by atoms with van der Waals surface area (Å²) in [5, 5.41) is 60.4. The first kappa shape index (κ1) is 56.8. The summed E-state index contributed by atoms with van der Waals surface area (Å²) in [5.41, 5.74) is -0.786. The van der Waals surface area contributed by atoms with Gasteiger partial charge in [-0.15, -0.1) is 43.3 Å². The standard InChI is InChI=1S/C38H26N10O22S7/c39-33-26(15-28(73(56,57)58)22-13-27(71)34(37(50)32(22)33)46-42-24-9-4-18(48(51)52)12-30(24)75(62,63)64)45-44-25-10-7-20-21(38(25)77(68,69)70)14-31(76(65,66)67)35(36(20)49)47-43-23-8-3-17(11-29(23)74(59,60)61)41-40-16-1-5-19(6-2-16)72(53,54)55/h1-15,49-50,71H,39H2,(H,53,54,55)(H,56,57,58)(H,59,60,61)(H,62,63,64)(H,65,66,67)(H,68,69,70). The molecule has 10 N–H and O–H groups in total. The summed E-state index contributed by atoms with van der Waals surface area (Å²) in [6.07, 6.45) is 0. The van der Waals surface area contributed by atoms with E-state index in [4.69, 9.17) is 10.3 Å². The molecule has 0 atom stereocenters. The van der Waals surface area contributed by atoms with Gasteiger partial charge in [0, 0.05) is 33.2 Å². The Morgan fingerprint density at radius 2 is 0.935 bits per heavy atom. The number of anilines is 1. The third kappa shape index (κ3) is 12.0. The molecule has 77 heavy (non-hydrogen) atoms. The van der Waals surface area contributed by atoms with Crippen LogP contribution in [0.5, 0.6) is 11.5 Å². The number of nitrogen functional groups attached to an aromatic ring is 1. The minimum Gasteiger partial charge on any atom is -0.505 e. The molecular formula is C38H26N10O22S7. The molecule has 0 aliphatic heterocycles. The lowest BCUT2D eigenvalue weighted by molar-refractivity contribution is -0.385. The average Bonchev–Trinajstić information content (AvgIpc) is 3.30. The number of phenols is 2. The number of rotatable bonds is 15. The zero-order valence-electron chi connectivity index (χ0n) is 37.0. The predicted molar refractivity (Wildman–Crippen MR) is 264 cm³/mol. The van der Waals surface area contributed by atoms with Gasteiger partial charge in [0.1, 0.15) is 58.6 Å². The number of nitro benzene ring substituents is 1. The molecule has 0 aliphatic carbocycles. The first-order chi connectivity index (χ1) is 35.5. The van der Waals surface area contributed by atoms with Gasteiger partial charge >= 0.3 is 0 Å². The predicted octanol–water partition coefficient (Wildman–Crippen LogP) is 8.33. The van der Waals surface area contributed by atoms with Crippen LogP contribution < -0.4 is 5.73 Å². The summed E-state index contributed by atoms with van der Waals surface area (Å²) in [6, 6.07) is 12.0. The molecule has 7 rings (SSSR count). The van der Waals surface area contributed by atoms with Gasteiger partial charge in [-0.25, -0.2) is 0 Å². The van der Waals surface area contributed by atoms with Crippen LogP contribution in [0.4, 0.5) is 56.9 Å². The molecule has 7 aromatic carbocycles. The normalized spacial score (nSPS) is 13.3. The molecule has 402 valence electrons. The van der Waals surface area contributed by atoms with E-state index in [-0.39, 0.29) is 11.4 Å². The molecule has 0 aromatic heterocycles. The van der Waals surface area contributed by atoms with Crippen LogP contribution in [0.2, 0.25) is 0 Å². The van der Waals surface area contributed by atoms with Gasteiger partial charge in [-0.3, -0.25) is 37.4 Å². The summed E-state index contributed by atoms with van der Waals surface area (Å²) in [5.74, 6) is -2.44. The quantitative estimate of drug-likeness (QED) is 0.0115. The van der Waals surface area contributed by atoms with Crippen molar-refractivity contribution in [2.75, 3.05) is 5.73 Å². The molecular weight excluding hydrogens is 1170 g/mol. The lowest BCUT2D eigenvalue weighted by atomic mass is 10.0. The van der Waals surface area contributed by atoms with Gasteiger partial charge in [0.2, 0.25) is 0 Å². The SMILES string of the molecule is Nc1c(N=Nc2ccc3c(O)c(N=Nc4ccc(N=Nc5ccc(S(=O)(=O)O)cc5)cc4S(=O)(=O)O)c(S(=O)(=O)O)cc3c2S(=O)(=O)O)cc(S(=O)(=O)O)c2cc(S)c(N=Nc3ccc([N+](=O)[O-])cc3S(=O)(=O)O)c(O)c12. The van der Waals surface area contributed by atoms with E-state index in [2.05, 4.69) is 53.5 Å². The van der Waals surface area contributed by atoms with E-state index in [1.165, 1.54) is 0 Å². The van der Waals surface area contributed by atoms with Crippen molar-refractivity contribution in [1.82, 2.24) is 0 Å². The van der Waals surface area contributed by atoms with E-state index < -0.39 is 178 Å². The van der Waals surface area contributed by atoms with Gasteiger partial charge < -0.3 is 15.9 Å². The Balaban J connectivity index is 1.34. The minimum absolute atomic E-state index is 0.00421. The number of azo groups is 4. The van der Waals surface area contributed by atoms with E-state index in [1.54, 1.807) is 0 Å². The molecule has 32 nitrogen and oxygen atoms in total. The third-order valence-electron chi connectivity index (χ3n) is 10.2. The van der Waals surface area contributed by atoms with Crippen LogP contribution in [0, 0.1) is 10.1 Å². The lowest BCUT2D eigenvalue weighted by Crippen LogP contribution is -2.03. The molecule has 0 saturated carbocycles. The Bertz CT molecular complexity index is 4580. The average molecular weight is 1200 g/mol. The molecule has 7 aromatic rings. The molecule has 0 bridgehead atoms. The largest absolute Gasteiger partial charge is 0.505 e. The molecule has 0 radical (unpaired) electrons. The summed E-state index contributed by atoms with van der Waals surface area (Å²) >= 11 is 4.14. The van der Waals surface area contributed by atoms with Crippen molar-refractivity contribution >= 4 is 152 Å². The number of fused-ring (bicyclic) bond motifs is 2. The summed E-state index contributed by atoms with van der Waals surface area (Å²) in [6.45, 7) is 0. The van der Waals surface area contributed by atoms with Crippen molar-refractivity contribution in [2.45, 2.75) is 34.3 Å². The maximum absolute atomic E-state index is 13.0. The molecule has 0 fully saturated rings. The lowest BCUT2D eigenvalue weighted by Gasteiger charge is -2.14. The van der Waals surface area contributed by atoms with Crippen LogP contribution in [-0.2, 0) is 60.7 Å². The molecule has 0 amide bonds. The second-order valence-electron chi connectivity index (χ2n) is 15.1. The van der Waals surface area contributed by atoms with Gasteiger partial charge in [0.15, 0.2) is 11.5 Å². The molecule has 0 spiro atoms. The van der Waals surface area contributed by atoms with E-state index in [0.717, 1.165) is 60.7 Å². The van der Waals surface area contributed by atoms with Gasteiger partial charge in [0.05, 0.1) is 32.3 Å². The minimum atomic E-state index is -5.68. The van der Waals surface area contributed by atoms with Crippen molar-refractivity contribution in [2.24, 2.45) is 40.9 Å². The van der Waals surface area contributed by atoms with Gasteiger partial charge in [-0.2, -0.15) is 60.7 Å². The number of nitro groups is 1. The second kappa shape index (κ2) is 20.2. The highest BCUT2D eigenvalue weighted by Gasteiger charge is 2.30. The first-order valence-electron chi connectivity index (χ1n) is 19.6. The van der Waals surface area contributed by atoms with Crippen LogP contribution in [0.3, 0.4) is 0 Å². The van der Waals surface area contributed by atoms with Crippen molar-refractivity contribution in [3.63, 3.8) is 0 Å². The molecule has 0 saturated heterocycles. The molecule has 39 heteroatoms. The fourth-order valence-corrected chi connectivity index (χ4v) is 11.0. The molecule has 0 heterocycles. The zero-order chi connectivity index (χ0) is 57.1. The fourth-order valence-electron chi connectivity index (χ4n) is 6.81. The number of nitrogens with two attached hydrogens (primary N) is 1. The Morgan fingerprint density at radius 1 is 0.442 bits per heavy atom. The number of non-ortho nitro benzene ring substituents is 1. The van der Waals surface area contributed by atoms with Crippen LogP contribution >= 0.6 is 12.6 Å². The van der Waals surface area contributed by atoms with Crippen molar-refractivity contribution in [3.05, 3.63) is 101 Å². The Morgan fingerprint density at radius 3 is 1.48 bits per heavy atom. The second-order valence-corrected chi connectivity index (χ2v) is 23.9. The van der Waals surface area contributed by atoms with Crippen LogP contribution in [0.1, 0.15) is 0 Å².